The minimum atomic E-state index is -0.445. The van der Waals surface area contributed by atoms with E-state index in [-0.39, 0.29) is 11.6 Å². The molecule has 2 heterocycles. The Kier molecular flexibility index (Phi) is 5.83. The van der Waals surface area contributed by atoms with Crippen molar-refractivity contribution in [1.29, 1.82) is 0 Å². The van der Waals surface area contributed by atoms with Gasteiger partial charge >= 0.3 is 0 Å². The Morgan fingerprint density at radius 3 is 2.48 bits per heavy atom. The fourth-order valence-corrected chi connectivity index (χ4v) is 3.82. The lowest BCUT2D eigenvalue weighted by molar-refractivity contribution is -0.385. The largest absolute Gasteiger partial charge is 0.353 e. The lowest BCUT2D eigenvalue weighted by Gasteiger charge is -2.35. The Bertz CT molecular complexity index is 591. The van der Waals surface area contributed by atoms with Gasteiger partial charge in [-0.1, -0.05) is 32.1 Å². The topological polar surface area (TPSA) is 79.6 Å². The van der Waals surface area contributed by atoms with E-state index in [4.69, 9.17) is 0 Å². The number of amides is 1. The van der Waals surface area contributed by atoms with Gasteiger partial charge in [-0.15, -0.1) is 0 Å². The molecule has 2 aliphatic rings. The van der Waals surface area contributed by atoms with Crippen LogP contribution in [0.2, 0.25) is 0 Å². The summed E-state index contributed by atoms with van der Waals surface area (Å²) >= 11 is 0. The summed E-state index contributed by atoms with van der Waals surface area (Å²) < 4.78 is 0. The highest BCUT2D eigenvalue weighted by Gasteiger charge is 2.23. The third kappa shape index (κ3) is 4.67. The molecular weight excluding hydrogens is 320 g/mol. The molecule has 0 unspecified atom stereocenters. The number of carbonyl (C=O) groups is 1. The van der Waals surface area contributed by atoms with Crippen molar-refractivity contribution in [2.24, 2.45) is 5.92 Å². The summed E-state index contributed by atoms with van der Waals surface area (Å²) in [5, 5.41) is 10.7. The van der Waals surface area contributed by atoms with Gasteiger partial charge < -0.3 is 9.80 Å². The molecule has 3 rings (SSSR count). The molecule has 1 aromatic rings. The van der Waals surface area contributed by atoms with Crippen molar-refractivity contribution in [1.82, 2.24) is 9.88 Å². The van der Waals surface area contributed by atoms with Gasteiger partial charge in [0.2, 0.25) is 5.91 Å². The summed E-state index contributed by atoms with van der Waals surface area (Å²) in [6.45, 7) is 2.84. The number of rotatable bonds is 5. The maximum atomic E-state index is 12.4. The number of carbonyl (C=O) groups excluding carboxylic acids is 1. The van der Waals surface area contributed by atoms with Crippen LogP contribution < -0.4 is 4.90 Å². The summed E-state index contributed by atoms with van der Waals surface area (Å²) in [6.07, 6.45) is 9.54. The molecule has 1 amide bonds. The number of aromatic nitrogens is 1. The molecule has 7 nitrogen and oxygen atoms in total. The van der Waals surface area contributed by atoms with E-state index >= 15 is 0 Å². The monoisotopic (exact) mass is 346 g/mol. The minimum Gasteiger partial charge on any atom is -0.353 e. The van der Waals surface area contributed by atoms with Crippen molar-refractivity contribution < 1.29 is 9.72 Å². The Labute approximate surface area is 148 Å². The van der Waals surface area contributed by atoms with Gasteiger partial charge in [0.05, 0.1) is 4.92 Å². The standard InChI is InChI=1S/C18H26N4O3/c23-18(9-6-15-4-2-1-3-5-15)21-12-10-20(11-13-21)17-8-7-16(14-19-17)22(24)25/h7-8,14-15H,1-6,9-13H2. The van der Waals surface area contributed by atoms with Crippen LogP contribution in [0.3, 0.4) is 0 Å². The van der Waals surface area contributed by atoms with Gasteiger partial charge in [0.1, 0.15) is 12.0 Å². The van der Waals surface area contributed by atoms with Gasteiger partial charge in [0, 0.05) is 38.7 Å². The van der Waals surface area contributed by atoms with E-state index in [1.54, 1.807) is 6.07 Å². The maximum absolute atomic E-state index is 12.4. The predicted molar refractivity (Wildman–Crippen MR) is 95.5 cm³/mol. The lowest BCUT2D eigenvalue weighted by Crippen LogP contribution is -2.49. The number of pyridine rings is 1. The van der Waals surface area contributed by atoms with Crippen LogP contribution in [0.1, 0.15) is 44.9 Å². The highest BCUT2D eigenvalue weighted by atomic mass is 16.6. The third-order valence-electron chi connectivity index (χ3n) is 5.39. The average Bonchev–Trinajstić information content (AvgIpc) is 2.67. The summed E-state index contributed by atoms with van der Waals surface area (Å²) in [5.41, 5.74) is 0.000256. The number of nitro groups is 1. The minimum absolute atomic E-state index is 0.000256. The number of hydrogen-bond donors (Lipinski definition) is 0. The average molecular weight is 346 g/mol. The van der Waals surface area contributed by atoms with Crippen molar-refractivity contribution in [3.05, 3.63) is 28.4 Å². The molecule has 25 heavy (non-hydrogen) atoms. The van der Waals surface area contributed by atoms with Crippen LogP contribution in [-0.4, -0.2) is 46.9 Å². The fraction of sp³-hybridized carbons (Fsp3) is 0.667. The van der Waals surface area contributed by atoms with Crippen molar-refractivity contribution >= 4 is 17.4 Å². The van der Waals surface area contributed by atoms with Crippen molar-refractivity contribution in [2.45, 2.75) is 44.9 Å². The van der Waals surface area contributed by atoms with E-state index in [0.717, 1.165) is 31.2 Å². The Morgan fingerprint density at radius 1 is 1.16 bits per heavy atom. The number of piperazine rings is 1. The SMILES string of the molecule is O=C(CCC1CCCCC1)N1CCN(c2ccc([N+](=O)[O-])cn2)CC1. The normalized spacial score (nSPS) is 19.0. The van der Waals surface area contributed by atoms with Crippen LogP contribution >= 0.6 is 0 Å². The zero-order valence-electron chi connectivity index (χ0n) is 14.6. The zero-order chi connectivity index (χ0) is 17.6. The highest BCUT2D eigenvalue weighted by molar-refractivity contribution is 5.76. The second-order valence-electron chi connectivity index (χ2n) is 7.04. The van der Waals surface area contributed by atoms with Gasteiger partial charge in [0.25, 0.3) is 5.69 Å². The van der Waals surface area contributed by atoms with E-state index in [1.807, 2.05) is 4.90 Å². The number of anilines is 1. The summed E-state index contributed by atoms with van der Waals surface area (Å²) in [5.74, 6) is 1.74. The van der Waals surface area contributed by atoms with Crippen molar-refractivity contribution in [3.8, 4) is 0 Å². The van der Waals surface area contributed by atoms with E-state index in [1.165, 1.54) is 44.4 Å². The van der Waals surface area contributed by atoms with Gasteiger partial charge in [0.15, 0.2) is 0 Å². The molecule has 1 saturated heterocycles. The maximum Gasteiger partial charge on any atom is 0.287 e. The smallest absolute Gasteiger partial charge is 0.287 e. The highest BCUT2D eigenvalue weighted by Crippen LogP contribution is 2.27. The quantitative estimate of drug-likeness (QED) is 0.605. The Morgan fingerprint density at radius 2 is 1.88 bits per heavy atom. The first-order valence-corrected chi connectivity index (χ1v) is 9.26. The van der Waals surface area contributed by atoms with E-state index in [2.05, 4.69) is 9.88 Å². The molecule has 0 N–H and O–H groups in total. The van der Waals surface area contributed by atoms with Crippen LogP contribution in [0.15, 0.2) is 18.3 Å². The molecule has 7 heteroatoms. The second-order valence-corrected chi connectivity index (χ2v) is 7.04. The lowest BCUT2D eigenvalue weighted by atomic mass is 9.86. The summed E-state index contributed by atoms with van der Waals surface area (Å²) in [6, 6.07) is 3.16. The van der Waals surface area contributed by atoms with Gasteiger partial charge in [-0.3, -0.25) is 14.9 Å². The molecule has 0 spiro atoms. The van der Waals surface area contributed by atoms with Crippen LogP contribution in [0.4, 0.5) is 11.5 Å². The van der Waals surface area contributed by atoms with Crippen LogP contribution in [0.5, 0.6) is 0 Å². The Balaban J connectivity index is 1.44. The molecule has 0 atom stereocenters. The molecule has 1 saturated carbocycles. The molecular formula is C18H26N4O3. The van der Waals surface area contributed by atoms with Crippen LogP contribution in [-0.2, 0) is 4.79 Å². The molecule has 0 aromatic carbocycles. The van der Waals surface area contributed by atoms with Gasteiger partial charge in [-0.05, 0) is 18.4 Å². The van der Waals surface area contributed by atoms with Crippen LogP contribution in [0, 0.1) is 16.0 Å². The van der Waals surface area contributed by atoms with Gasteiger partial charge in [-0.25, -0.2) is 4.98 Å². The van der Waals surface area contributed by atoms with E-state index in [0.29, 0.717) is 19.5 Å². The molecule has 1 aromatic heterocycles. The third-order valence-corrected chi connectivity index (χ3v) is 5.39. The van der Waals surface area contributed by atoms with Crippen molar-refractivity contribution in [3.63, 3.8) is 0 Å². The zero-order valence-corrected chi connectivity index (χ0v) is 14.6. The van der Waals surface area contributed by atoms with E-state index in [9.17, 15) is 14.9 Å². The number of nitrogens with zero attached hydrogens (tertiary/aromatic N) is 4. The van der Waals surface area contributed by atoms with Gasteiger partial charge in [-0.2, -0.15) is 0 Å². The first-order chi connectivity index (χ1) is 12.1. The molecule has 136 valence electrons. The van der Waals surface area contributed by atoms with E-state index < -0.39 is 4.92 Å². The first-order valence-electron chi connectivity index (χ1n) is 9.26. The second kappa shape index (κ2) is 8.27. The van der Waals surface area contributed by atoms with Crippen molar-refractivity contribution in [2.75, 3.05) is 31.1 Å². The predicted octanol–water partition coefficient (Wildman–Crippen LogP) is 3.00. The molecule has 0 bridgehead atoms. The molecule has 1 aliphatic carbocycles. The molecule has 1 aliphatic heterocycles. The summed E-state index contributed by atoms with van der Waals surface area (Å²) in [7, 11) is 0. The van der Waals surface area contributed by atoms with Crippen LogP contribution in [0.25, 0.3) is 0 Å². The number of hydrogen-bond acceptors (Lipinski definition) is 5. The Hall–Kier alpha value is -2.18. The summed E-state index contributed by atoms with van der Waals surface area (Å²) in [4.78, 5) is 30.9. The fourth-order valence-electron chi connectivity index (χ4n) is 3.82. The molecule has 0 radical (unpaired) electrons. The molecule has 2 fully saturated rings. The first kappa shape index (κ1) is 17.6.